The third kappa shape index (κ3) is 3.93. The van der Waals surface area contributed by atoms with Crippen molar-refractivity contribution in [3.63, 3.8) is 0 Å². The predicted octanol–water partition coefficient (Wildman–Crippen LogP) is 4.16. The molecular formula is C14H17ClN2O3. The number of halogens is 1. The molecule has 1 saturated carbocycles. The highest BCUT2D eigenvalue weighted by atomic mass is 35.5. The van der Waals surface area contributed by atoms with Crippen molar-refractivity contribution >= 4 is 28.9 Å². The molecule has 0 spiro atoms. The van der Waals surface area contributed by atoms with Crippen LogP contribution in [-0.2, 0) is 4.79 Å². The van der Waals surface area contributed by atoms with Gasteiger partial charge >= 0.3 is 0 Å². The van der Waals surface area contributed by atoms with E-state index < -0.39 is 4.92 Å². The number of carbonyl (C=O) groups is 1. The molecule has 0 heterocycles. The van der Waals surface area contributed by atoms with Gasteiger partial charge in [0.25, 0.3) is 5.69 Å². The lowest BCUT2D eigenvalue weighted by Gasteiger charge is -2.20. The van der Waals surface area contributed by atoms with Gasteiger partial charge in [-0.2, -0.15) is 0 Å². The molecule has 108 valence electrons. The molecule has 0 radical (unpaired) electrons. The first-order chi connectivity index (χ1) is 9.56. The van der Waals surface area contributed by atoms with Gasteiger partial charge in [0, 0.05) is 18.6 Å². The minimum atomic E-state index is -0.507. The Hall–Kier alpha value is -1.62. The zero-order valence-electron chi connectivity index (χ0n) is 11.1. The average molecular weight is 297 g/mol. The van der Waals surface area contributed by atoms with Gasteiger partial charge in [0.05, 0.1) is 15.6 Å². The summed E-state index contributed by atoms with van der Waals surface area (Å²) < 4.78 is 0. The normalized spacial score (nSPS) is 15.8. The van der Waals surface area contributed by atoms with Crippen LogP contribution in [-0.4, -0.2) is 10.8 Å². The van der Waals surface area contributed by atoms with Gasteiger partial charge in [0.1, 0.15) is 0 Å². The topological polar surface area (TPSA) is 72.2 Å². The lowest BCUT2D eigenvalue weighted by Crippen LogP contribution is -2.18. The Labute approximate surface area is 122 Å². The fourth-order valence-electron chi connectivity index (χ4n) is 2.58. The van der Waals surface area contributed by atoms with Crippen molar-refractivity contribution < 1.29 is 9.72 Å². The fraction of sp³-hybridized carbons (Fsp3) is 0.500. The number of amides is 1. The molecule has 0 aromatic heterocycles. The van der Waals surface area contributed by atoms with E-state index in [0.29, 0.717) is 23.0 Å². The van der Waals surface area contributed by atoms with E-state index in [2.05, 4.69) is 5.32 Å². The quantitative estimate of drug-likeness (QED) is 0.670. The van der Waals surface area contributed by atoms with E-state index in [1.54, 1.807) is 0 Å². The lowest BCUT2D eigenvalue weighted by molar-refractivity contribution is -0.384. The van der Waals surface area contributed by atoms with Crippen molar-refractivity contribution in [3.8, 4) is 0 Å². The number of nitro groups is 1. The van der Waals surface area contributed by atoms with Gasteiger partial charge in [-0.3, -0.25) is 14.9 Å². The second-order valence-electron chi connectivity index (χ2n) is 5.18. The van der Waals surface area contributed by atoms with Gasteiger partial charge in [-0.25, -0.2) is 0 Å². The van der Waals surface area contributed by atoms with Gasteiger partial charge in [-0.05, 0) is 24.8 Å². The molecule has 0 atom stereocenters. The van der Waals surface area contributed by atoms with E-state index in [1.807, 2.05) is 0 Å². The number of nitrogens with one attached hydrogen (secondary N) is 1. The number of hydrogen-bond acceptors (Lipinski definition) is 3. The van der Waals surface area contributed by atoms with Crippen LogP contribution in [0.2, 0.25) is 5.02 Å². The number of nitro benzene ring substituents is 1. The predicted molar refractivity (Wildman–Crippen MR) is 77.9 cm³/mol. The summed E-state index contributed by atoms with van der Waals surface area (Å²) in [7, 11) is 0. The van der Waals surface area contributed by atoms with Crippen molar-refractivity contribution in [2.45, 2.75) is 38.5 Å². The standard InChI is InChI=1S/C14H17ClN2O3/c15-12-7-6-11(17(19)20)9-13(12)16-14(18)8-10-4-2-1-3-5-10/h6-7,9-10H,1-5,8H2,(H,16,18). The summed E-state index contributed by atoms with van der Waals surface area (Å²) in [4.78, 5) is 22.2. The van der Waals surface area contributed by atoms with Crippen LogP contribution < -0.4 is 5.32 Å². The highest BCUT2D eigenvalue weighted by Crippen LogP contribution is 2.29. The highest BCUT2D eigenvalue weighted by Gasteiger charge is 2.18. The van der Waals surface area contributed by atoms with Crippen LogP contribution in [0, 0.1) is 16.0 Å². The number of benzene rings is 1. The van der Waals surface area contributed by atoms with Crippen molar-refractivity contribution in [1.82, 2.24) is 0 Å². The summed E-state index contributed by atoms with van der Waals surface area (Å²) in [6, 6.07) is 4.04. The first-order valence-corrected chi connectivity index (χ1v) is 7.18. The first kappa shape index (κ1) is 14.8. The van der Waals surface area contributed by atoms with E-state index in [9.17, 15) is 14.9 Å². The monoisotopic (exact) mass is 296 g/mol. The summed E-state index contributed by atoms with van der Waals surface area (Å²) in [5.41, 5.74) is 0.226. The summed E-state index contributed by atoms with van der Waals surface area (Å²) in [5.74, 6) is 0.292. The Bertz CT molecular complexity index is 513. The molecule has 2 rings (SSSR count). The van der Waals surface area contributed by atoms with E-state index in [-0.39, 0.29) is 11.6 Å². The van der Waals surface area contributed by atoms with Gasteiger partial charge in [0.2, 0.25) is 5.91 Å². The smallest absolute Gasteiger partial charge is 0.271 e. The fourth-order valence-corrected chi connectivity index (χ4v) is 2.74. The summed E-state index contributed by atoms with van der Waals surface area (Å²) >= 11 is 5.95. The molecule has 0 saturated heterocycles. The molecule has 6 heteroatoms. The zero-order valence-corrected chi connectivity index (χ0v) is 11.9. The van der Waals surface area contributed by atoms with Crippen LogP contribution >= 0.6 is 11.6 Å². The SMILES string of the molecule is O=C(CC1CCCCC1)Nc1cc([N+](=O)[O-])ccc1Cl. The van der Waals surface area contributed by atoms with Crippen molar-refractivity contribution in [2.24, 2.45) is 5.92 Å². The molecular weight excluding hydrogens is 280 g/mol. The Morgan fingerprint density at radius 1 is 1.35 bits per heavy atom. The molecule has 1 aromatic carbocycles. The second-order valence-corrected chi connectivity index (χ2v) is 5.58. The minimum Gasteiger partial charge on any atom is -0.325 e. The van der Waals surface area contributed by atoms with E-state index >= 15 is 0 Å². The van der Waals surface area contributed by atoms with Crippen LogP contribution in [0.3, 0.4) is 0 Å². The maximum Gasteiger partial charge on any atom is 0.271 e. The maximum atomic E-state index is 12.0. The third-order valence-electron chi connectivity index (χ3n) is 3.63. The second kappa shape index (κ2) is 6.70. The molecule has 1 aliphatic carbocycles. The summed E-state index contributed by atoms with van der Waals surface area (Å²) in [6.07, 6.45) is 6.21. The molecule has 20 heavy (non-hydrogen) atoms. The van der Waals surface area contributed by atoms with Gasteiger partial charge in [-0.15, -0.1) is 0 Å². The summed E-state index contributed by atoms with van der Waals surface area (Å²) in [6.45, 7) is 0. The molecule has 1 amide bonds. The van der Waals surface area contributed by atoms with Crippen LogP contribution in [0.25, 0.3) is 0 Å². The number of rotatable bonds is 4. The van der Waals surface area contributed by atoms with Gasteiger partial charge < -0.3 is 5.32 Å². The Morgan fingerprint density at radius 2 is 2.05 bits per heavy atom. The number of hydrogen-bond donors (Lipinski definition) is 1. The summed E-state index contributed by atoms with van der Waals surface area (Å²) in [5, 5.41) is 13.7. The van der Waals surface area contributed by atoms with E-state index in [4.69, 9.17) is 11.6 Å². The zero-order chi connectivity index (χ0) is 14.5. The molecule has 1 fully saturated rings. The number of nitrogens with zero attached hydrogens (tertiary/aromatic N) is 1. The van der Waals surface area contributed by atoms with E-state index in [0.717, 1.165) is 12.8 Å². The van der Waals surface area contributed by atoms with Crippen LogP contribution in [0.4, 0.5) is 11.4 Å². The Morgan fingerprint density at radius 3 is 2.70 bits per heavy atom. The lowest BCUT2D eigenvalue weighted by atomic mass is 9.87. The van der Waals surface area contributed by atoms with Crippen LogP contribution in [0.5, 0.6) is 0 Å². The molecule has 0 bridgehead atoms. The number of non-ortho nitro benzene ring substituents is 1. The Balaban J connectivity index is 1.99. The molecule has 1 aromatic rings. The van der Waals surface area contributed by atoms with Crippen molar-refractivity contribution in [3.05, 3.63) is 33.3 Å². The largest absolute Gasteiger partial charge is 0.325 e. The van der Waals surface area contributed by atoms with Crippen molar-refractivity contribution in [1.29, 1.82) is 0 Å². The molecule has 0 aliphatic heterocycles. The van der Waals surface area contributed by atoms with E-state index in [1.165, 1.54) is 37.5 Å². The third-order valence-corrected chi connectivity index (χ3v) is 3.96. The van der Waals surface area contributed by atoms with Crippen LogP contribution in [0.1, 0.15) is 38.5 Å². The molecule has 5 nitrogen and oxygen atoms in total. The Kier molecular flexibility index (Phi) is 4.95. The molecule has 1 N–H and O–H groups in total. The van der Waals surface area contributed by atoms with Crippen molar-refractivity contribution in [2.75, 3.05) is 5.32 Å². The van der Waals surface area contributed by atoms with Gasteiger partial charge in [0.15, 0.2) is 0 Å². The van der Waals surface area contributed by atoms with Crippen LogP contribution in [0.15, 0.2) is 18.2 Å². The first-order valence-electron chi connectivity index (χ1n) is 6.80. The van der Waals surface area contributed by atoms with Gasteiger partial charge in [-0.1, -0.05) is 30.9 Å². The minimum absolute atomic E-state index is 0.0811. The number of anilines is 1. The maximum absolute atomic E-state index is 12.0. The molecule has 0 unspecified atom stereocenters. The highest BCUT2D eigenvalue weighted by molar-refractivity contribution is 6.33. The average Bonchev–Trinajstić information content (AvgIpc) is 2.42. The molecule has 1 aliphatic rings. The number of carbonyl (C=O) groups excluding carboxylic acids is 1.